The molecule has 0 bridgehead atoms. The van der Waals surface area contributed by atoms with Crippen molar-refractivity contribution in [3.63, 3.8) is 0 Å². The van der Waals surface area contributed by atoms with Crippen molar-refractivity contribution in [2.45, 2.75) is 79.6 Å². The summed E-state index contributed by atoms with van der Waals surface area (Å²) in [4.78, 5) is 4.80. The summed E-state index contributed by atoms with van der Waals surface area (Å²) in [5, 5.41) is 7.29. The third-order valence-corrected chi connectivity index (χ3v) is 9.71. The Hall–Kier alpha value is -4.47. The number of nitrogens with zero attached hydrogens (tertiary/aromatic N) is 4. The van der Waals surface area contributed by atoms with E-state index in [0.717, 1.165) is 68.0 Å². The smallest absolute Gasteiger partial charge is 0.509 e. The summed E-state index contributed by atoms with van der Waals surface area (Å²) in [7, 11) is 0. The van der Waals surface area contributed by atoms with Crippen LogP contribution >= 0.6 is 0 Å². The molecular formula is C44H44N4OPt. The van der Waals surface area contributed by atoms with Crippen molar-refractivity contribution in [2.75, 3.05) is 0 Å². The summed E-state index contributed by atoms with van der Waals surface area (Å²) in [6.45, 7) is 13.1. The maximum atomic E-state index is 6.59. The Morgan fingerprint density at radius 3 is 2.40 bits per heavy atom. The van der Waals surface area contributed by atoms with Crippen LogP contribution in [0.15, 0.2) is 91.1 Å². The molecule has 0 N–H and O–H groups in total. The molecule has 7 aromatic rings. The molecule has 6 heteroatoms. The van der Waals surface area contributed by atoms with Crippen molar-refractivity contribution in [1.82, 2.24) is 19.3 Å². The van der Waals surface area contributed by atoms with Gasteiger partial charge in [0.15, 0.2) is 0 Å². The van der Waals surface area contributed by atoms with E-state index in [4.69, 9.17) is 14.8 Å². The molecule has 1 atom stereocenters. The first-order valence-corrected chi connectivity index (χ1v) is 17.6. The Kier molecular flexibility index (Phi) is 10.7. The molecular weight excluding hydrogens is 796 g/mol. The number of hydrogen-bond acceptors (Lipinski definition) is 3. The average molecular weight is 840 g/mol. The number of pyridine rings is 1. The summed E-state index contributed by atoms with van der Waals surface area (Å²) in [6, 6.07) is 37.1. The molecule has 0 spiro atoms. The van der Waals surface area contributed by atoms with E-state index >= 15 is 0 Å². The molecule has 4 aromatic carbocycles. The van der Waals surface area contributed by atoms with Crippen LogP contribution in [0.4, 0.5) is 0 Å². The Morgan fingerprint density at radius 1 is 0.820 bits per heavy atom. The van der Waals surface area contributed by atoms with Gasteiger partial charge in [-0.2, -0.15) is 16.7 Å². The summed E-state index contributed by atoms with van der Waals surface area (Å²) >= 11 is 0. The zero-order chi connectivity index (χ0) is 34.1. The van der Waals surface area contributed by atoms with Crippen molar-refractivity contribution in [2.24, 2.45) is 0 Å². The second-order valence-corrected chi connectivity index (χ2v) is 13.3. The zero-order valence-electron chi connectivity index (χ0n) is 29.8. The van der Waals surface area contributed by atoms with Gasteiger partial charge in [-0.1, -0.05) is 94.4 Å². The van der Waals surface area contributed by atoms with Gasteiger partial charge in [-0.15, -0.1) is 35.7 Å². The van der Waals surface area contributed by atoms with E-state index in [2.05, 4.69) is 125 Å². The van der Waals surface area contributed by atoms with E-state index in [0.29, 0.717) is 17.4 Å². The van der Waals surface area contributed by atoms with Crippen molar-refractivity contribution >= 4 is 21.8 Å². The second kappa shape index (κ2) is 15.2. The minimum atomic E-state index is 0. The van der Waals surface area contributed by atoms with Gasteiger partial charge in [0.2, 0.25) is 0 Å². The topological polar surface area (TPSA) is 44.9 Å². The minimum Gasteiger partial charge on any atom is -0.509 e. The number of rotatable bonds is 11. The van der Waals surface area contributed by atoms with Crippen LogP contribution in [0.2, 0.25) is 0 Å². The van der Waals surface area contributed by atoms with Gasteiger partial charge in [-0.05, 0) is 79.1 Å². The number of aryl methyl sites for hydroxylation is 3. The van der Waals surface area contributed by atoms with E-state index < -0.39 is 0 Å². The largest absolute Gasteiger partial charge is 2.00 e. The predicted octanol–water partition coefficient (Wildman–Crippen LogP) is 11.6. The molecule has 0 amide bonds. The Bertz CT molecular complexity index is 2270. The van der Waals surface area contributed by atoms with Gasteiger partial charge in [0.05, 0.1) is 5.69 Å². The van der Waals surface area contributed by atoms with Gasteiger partial charge in [-0.25, -0.2) is 4.98 Å². The fraction of sp³-hybridized carbons (Fsp3) is 0.273. The number of benzene rings is 4. The Balaban J connectivity index is 0.00000432. The first-order chi connectivity index (χ1) is 23.8. The third-order valence-electron chi connectivity index (χ3n) is 9.71. The SMILES string of the molecule is CCCCCC(C)c1ccc2c(c1)c1ccc(Oc3[c-]c(-n4nc(C)c(-c5ccccc5)c4C)cc(CC)c3)[c-]c1n2-c1cc(C)ccn1.[Pt+2]. The van der Waals surface area contributed by atoms with Gasteiger partial charge in [-0.3, -0.25) is 4.68 Å². The zero-order valence-corrected chi connectivity index (χ0v) is 32.1. The molecule has 0 radical (unpaired) electrons. The molecule has 0 aliphatic carbocycles. The van der Waals surface area contributed by atoms with Crippen LogP contribution in [0, 0.1) is 32.9 Å². The summed E-state index contributed by atoms with van der Waals surface area (Å²) < 4.78 is 10.8. The van der Waals surface area contributed by atoms with Crippen LogP contribution in [-0.2, 0) is 27.5 Å². The second-order valence-electron chi connectivity index (χ2n) is 13.3. The Morgan fingerprint density at radius 2 is 1.64 bits per heavy atom. The van der Waals surface area contributed by atoms with Crippen molar-refractivity contribution < 1.29 is 25.8 Å². The predicted molar refractivity (Wildman–Crippen MR) is 201 cm³/mol. The summed E-state index contributed by atoms with van der Waals surface area (Å²) in [5.74, 6) is 2.64. The third kappa shape index (κ3) is 6.94. The van der Waals surface area contributed by atoms with Crippen LogP contribution in [0.25, 0.3) is 44.4 Å². The standard InChI is InChI=1S/C44H44N4O.Pt/c1-7-9-11-14-30(4)35-17-20-41-40(26-35)39-19-18-37(28-42(39)47(41)43-23-29(3)21-22-45-43)49-38-25-33(8-2)24-36(27-38)48-32(6)44(31(5)46-48)34-15-12-10-13-16-34;/h10,12-13,15-26,30H,7-9,11,14H2,1-6H3;/q-2;+2. The molecule has 5 nitrogen and oxygen atoms in total. The fourth-order valence-corrected chi connectivity index (χ4v) is 7.03. The van der Waals surface area contributed by atoms with Crippen molar-refractivity contribution in [1.29, 1.82) is 0 Å². The number of aromatic nitrogens is 4. The van der Waals surface area contributed by atoms with E-state index in [1.54, 1.807) is 0 Å². The molecule has 0 aliphatic heterocycles. The molecule has 50 heavy (non-hydrogen) atoms. The monoisotopic (exact) mass is 839 g/mol. The summed E-state index contributed by atoms with van der Waals surface area (Å²) in [6.07, 6.45) is 7.70. The van der Waals surface area contributed by atoms with E-state index in [9.17, 15) is 0 Å². The van der Waals surface area contributed by atoms with Gasteiger partial charge in [0.25, 0.3) is 0 Å². The van der Waals surface area contributed by atoms with Gasteiger partial charge >= 0.3 is 21.1 Å². The van der Waals surface area contributed by atoms with Gasteiger partial charge in [0, 0.05) is 34.5 Å². The number of fused-ring (bicyclic) bond motifs is 3. The molecule has 0 saturated carbocycles. The van der Waals surface area contributed by atoms with Gasteiger partial charge < -0.3 is 9.30 Å². The molecule has 1 unspecified atom stereocenters. The van der Waals surface area contributed by atoms with E-state index in [1.165, 1.54) is 36.6 Å². The van der Waals surface area contributed by atoms with Crippen LogP contribution < -0.4 is 4.74 Å². The maximum Gasteiger partial charge on any atom is 2.00 e. The molecule has 7 rings (SSSR count). The minimum absolute atomic E-state index is 0. The molecule has 0 fully saturated rings. The van der Waals surface area contributed by atoms with Crippen LogP contribution in [0.3, 0.4) is 0 Å². The van der Waals surface area contributed by atoms with Crippen LogP contribution in [-0.4, -0.2) is 19.3 Å². The molecule has 0 saturated heterocycles. The fourth-order valence-electron chi connectivity index (χ4n) is 7.03. The average Bonchev–Trinajstić information content (AvgIpc) is 3.60. The molecule has 3 heterocycles. The Labute approximate surface area is 310 Å². The first kappa shape index (κ1) is 35.4. The van der Waals surface area contributed by atoms with Crippen LogP contribution in [0.5, 0.6) is 11.5 Å². The number of hydrogen-bond donors (Lipinski definition) is 0. The number of unbranched alkanes of at least 4 members (excludes halogenated alkanes) is 2. The van der Waals surface area contributed by atoms with E-state index in [1.807, 2.05) is 29.1 Å². The summed E-state index contributed by atoms with van der Waals surface area (Å²) in [5.41, 5.74) is 11.0. The first-order valence-electron chi connectivity index (χ1n) is 17.6. The number of ether oxygens (including phenoxy) is 1. The van der Waals surface area contributed by atoms with Crippen molar-refractivity contribution in [3.8, 4) is 34.1 Å². The van der Waals surface area contributed by atoms with Crippen molar-refractivity contribution in [3.05, 3.63) is 131 Å². The molecule has 0 aliphatic rings. The quantitative estimate of drug-likeness (QED) is 0.0963. The molecule has 3 aromatic heterocycles. The van der Waals surface area contributed by atoms with Crippen LogP contribution in [0.1, 0.15) is 80.5 Å². The maximum absolute atomic E-state index is 6.59. The normalized spacial score (nSPS) is 12.0. The van der Waals surface area contributed by atoms with Gasteiger partial charge in [0.1, 0.15) is 5.82 Å². The molecule has 256 valence electrons. The van der Waals surface area contributed by atoms with E-state index in [-0.39, 0.29) is 21.1 Å².